The Hall–Kier alpha value is -5.47. The number of nitriles is 1. The fourth-order valence-electron chi connectivity index (χ4n) is 5.44. The molecule has 0 bridgehead atoms. The van der Waals surface area contributed by atoms with E-state index in [0.29, 0.717) is 5.56 Å². The lowest BCUT2D eigenvalue weighted by molar-refractivity contribution is 0.650. The molecule has 0 saturated carbocycles. The molecule has 0 aliphatic carbocycles. The number of hydrogen-bond donors (Lipinski definition) is 0. The minimum atomic E-state index is 0.646. The molecule has 0 N–H and O–H groups in total. The molecule has 0 saturated heterocycles. The van der Waals surface area contributed by atoms with Crippen LogP contribution in [0, 0.1) is 11.3 Å². The molecule has 0 amide bonds. The number of hydrogen-bond acceptors (Lipinski definition) is 4. The van der Waals surface area contributed by atoms with Crippen LogP contribution in [-0.4, -0.2) is 14.4 Å². The SMILES string of the molecule is N#Cc1ccc(-c2ccc(-c3ccc4oc5c(c4c3)c3ccccc3c3nc4ccccc4n35)nc2)cc1. The fraction of sp³-hybridized carbons (Fsp3) is 0. The molecule has 4 aromatic carbocycles. The van der Waals surface area contributed by atoms with Crippen LogP contribution in [0.3, 0.4) is 0 Å². The normalized spacial score (nSPS) is 11.7. The van der Waals surface area contributed by atoms with Crippen molar-refractivity contribution in [1.29, 1.82) is 5.26 Å². The third-order valence-corrected chi connectivity index (χ3v) is 7.28. The van der Waals surface area contributed by atoms with Gasteiger partial charge >= 0.3 is 0 Å². The van der Waals surface area contributed by atoms with E-state index in [1.807, 2.05) is 60.8 Å². The van der Waals surface area contributed by atoms with Gasteiger partial charge in [-0.15, -0.1) is 0 Å². The number of nitrogens with zero attached hydrogens (tertiary/aromatic N) is 4. The zero-order valence-electron chi connectivity index (χ0n) is 20.1. The first-order chi connectivity index (χ1) is 18.8. The van der Waals surface area contributed by atoms with E-state index >= 15 is 0 Å². The summed E-state index contributed by atoms with van der Waals surface area (Å²) in [7, 11) is 0. The lowest BCUT2D eigenvalue weighted by Gasteiger charge is -2.06. The number of benzene rings is 4. The van der Waals surface area contributed by atoms with Crippen molar-refractivity contribution in [2.45, 2.75) is 0 Å². The maximum atomic E-state index is 9.06. The standard InChI is InChI=1S/C33H18N4O/c34-18-20-9-11-21(12-10-20)23-13-15-27(35-19-23)22-14-16-30-26(17-22)31-24-5-1-2-6-25(24)32-36-28-7-3-4-8-29(28)37(32)33(31)38-30/h1-17,19H. The summed E-state index contributed by atoms with van der Waals surface area (Å²) in [5.41, 5.74) is 9.08. The van der Waals surface area contributed by atoms with E-state index in [1.54, 1.807) is 0 Å². The Morgan fingerprint density at radius 1 is 0.711 bits per heavy atom. The van der Waals surface area contributed by atoms with Crippen molar-refractivity contribution < 1.29 is 4.42 Å². The number of rotatable bonds is 2. The second-order valence-corrected chi connectivity index (χ2v) is 9.42. The van der Waals surface area contributed by atoms with Crippen molar-refractivity contribution >= 4 is 49.5 Å². The highest BCUT2D eigenvalue weighted by atomic mass is 16.3. The van der Waals surface area contributed by atoms with Gasteiger partial charge in [0.15, 0.2) is 0 Å². The lowest BCUT2D eigenvalue weighted by atomic mass is 10.0. The second kappa shape index (κ2) is 7.76. The molecular formula is C33H18N4O. The first kappa shape index (κ1) is 20.7. The van der Waals surface area contributed by atoms with E-state index < -0.39 is 0 Å². The summed E-state index contributed by atoms with van der Waals surface area (Å²) in [5.74, 6) is 0. The number of fused-ring (bicyclic) bond motifs is 10. The first-order valence-corrected chi connectivity index (χ1v) is 12.4. The summed E-state index contributed by atoms with van der Waals surface area (Å²) >= 11 is 0. The van der Waals surface area contributed by atoms with Gasteiger partial charge in [-0.25, -0.2) is 4.98 Å². The second-order valence-electron chi connectivity index (χ2n) is 9.42. The van der Waals surface area contributed by atoms with Crippen LogP contribution in [0.4, 0.5) is 0 Å². The summed E-state index contributed by atoms with van der Waals surface area (Å²) in [6.07, 6.45) is 1.88. The van der Waals surface area contributed by atoms with Gasteiger partial charge in [0.2, 0.25) is 5.71 Å². The Kier molecular flexibility index (Phi) is 4.23. The van der Waals surface area contributed by atoms with Crippen LogP contribution in [0.1, 0.15) is 5.56 Å². The average Bonchev–Trinajstić information content (AvgIpc) is 3.56. The van der Waals surface area contributed by atoms with Crippen LogP contribution in [0.25, 0.3) is 71.9 Å². The summed E-state index contributed by atoms with van der Waals surface area (Å²) in [6.45, 7) is 0. The molecule has 4 heterocycles. The van der Waals surface area contributed by atoms with Gasteiger partial charge in [0, 0.05) is 28.1 Å². The van der Waals surface area contributed by atoms with E-state index in [9.17, 15) is 0 Å². The van der Waals surface area contributed by atoms with Crippen molar-refractivity contribution in [3.8, 4) is 28.5 Å². The quantitative estimate of drug-likeness (QED) is 0.247. The lowest BCUT2D eigenvalue weighted by Crippen LogP contribution is -1.89. The van der Waals surface area contributed by atoms with E-state index in [0.717, 1.165) is 71.9 Å². The minimum absolute atomic E-state index is 0.646. The third-order valence-electron chi connectivity index (χ3n) is 7.28. The highest BCUT2D eigenvalue weighted by Gasteiger charge is 2.19. The number of furan rings is 1. The Labute approximate surface area is 216 Å². The average molecular weight is 487 g/mol. The predicted octanol–water partition coefficient (Wildman–Crippen LogP) is 8.14. The van der Waals surface area contributed by atoms with Crippen LogP contribution in [0.2, 0.25) is 0 Å². The highest BCUT2D eigenvalue weighted by molar-refractivity contribution is 6.22. The molecule has 0 fully saturated rings. The smallest absolute Gasteiger partial charge is 0.215 e. The van der Waals surface area contributed by atoms with E-state index in [-0.39, 0.29) is 0 Å². The monoisotopic (exact) mass is 486 g/mol. The molecule has 4 aromatic heterocycles. The van der Waals surface area contributed by atoms with Crippen LogP contribution in [0.15, 0.2) is 114 Å². The number of pyridine rings is 2. The van der Waals surface area contributed by atoms with Crippen molar-refractivity contribution in [3.63, 3.8) is 0 Å². The van der Waals surface area contributed by atoms with Gasteiger partial charge in [0.25, 0.3) is 0 Å². The van der Waals surface area contributed by atoms with Crippen molar-refractivity contribution in [2.75, 3.05) is 0 Å². The molecule has 8 aromatic rings. The van der Waals surface area contributed by atoms with Gasteiger partial charge in [-0.3, -0.25) is 9.38 Å². The van der Waals surface area contributed by atoms with E-state index in [1.165, 1.54) is 0 Å². The molecular weight excluding hydrogens is 468 g/mol. The molecule has 38 heavy (non-hydrogen) atoms. The molecule has 0 spiro atoms. The van der Waals surface area contributed by atoms with Crippen LogP contribution < -0.4 is 0 Å². The molecule has 8 rings (SSSR count). The van der Waals surface area contributed by atoms with Crippen molar-refractivity contribution in [3.05, 3.63) is 115 Å². The predicted molar refractivity (Wildman–Crippen MR) is 151 cm³/mol. The molecule has 0 unspecified atom stereocenters. The molecule has 0 aliphatic rings. The zero-order chi connectivity index (χ0) is 25.2. The summed E-state index contributed by atoms with van der Waals surface area (Å²) in [6, 6.07) is 36.6. The molecule has 5 heteroatoms. The van der Waals surface area contributed by atoms with E-state index in [4.69, 9.17) is 19.6 Å². The fourth-order valence-corrected chi connectivity index (χ4v) is 5.44. The Balaban J connectivity index is 1.34. The Bertz CT molecular complexity index is 2230. The van der Waals surface area contributed by atoms with Crippen molar-refractivity contribution in [1.82, 2.24) is 14.4 Å². The van der Waals surface area contributed by atoms with Gasteiger partial charge in [0.1, 0.15) is 11.2 Å². The molecule has 0 aliphatic heterocycles. The molecule has 0 radical (unpaired) electrons. The highest BCUT2D eigenvalue weighted by Crippen LogP contribution is 2.39. The number of para-hydroxylation sites is 2. The van der Waals surface area contributed by atoms with Gasteiger partial charge in [-0.05, 0) is 59.5 Å². The maximum Gasteiger partial charge on any atom is 0.215 e. The Morgan fingerprint density at radius 2 is 1.47 bits per heavy atom. The number of imidazole rings is 1. The minimum Gasteiger partial charge on any atom is -0.439 e. The van der Waals surface area contributed by atoms with Crippen molar-refractivity contribution in [2.24, 2.45) is 0 Å². The molecule has 176 valence electrons. The molecule has 5 nitrogen and oxygen atoms in total. The summed E-state index contributed by atoms with van der Waals surface area (Å²) < 4.78 is 8.64. The first-order valence-electron chi connectivity index (χ1n) is 12.4. The van der Waals surface area contributed by atoms with Crippen LogP contribution in [-0.2, 0) is 0 Å². The van der Waals surface area contributed by atoms with Crippen LogP contribution in [0.5, 0.6) is 0 Å². The maximum absolute atomic E-state index is 9.06. The Morgan fingerprint density at radius 3 is 2.29 bits per heavy atom. The largest absolute Gasteiger partial charge is 0.439 e. The van der Waals surface area contributed by atoms with Gasteiger partial charge < -0.3 is 4.42 Å². The summed E-state index contributed by atoms with van der Waals surface area (Å²) in [4.78, 5) is 9.72. The van der Waals surface area contributed by atoms with Gasteiger partial charge in [-0.1, -0.05) is 54.6 Å². The molecule has 0 atom stereocenters. The topological polar surface area (TPSA) is 67.1 Å². The number of aromatic nitrogens is 3. The summed E-state index contributed by atoms with van der Waals surface area (Å²) in [5, 5.41) is 13.4. The van der Waals surface area contributed by atoms with Gasteiger partial charge in [-0.2, -0.15) is 5.26 Å². The van der Waals surface area contributed by atoms with Crippen LogP contribution >= 0.6 is 0 Å². The van der Waals surface area contributed by atoms with Gasteiger partial charge in [0.05, 0.1) is 33.7 Å². The third kappa shape index (κ3) is 2.92. The zero-order valence-corrected chi connectivity index (χ0v) is 20.1. The van der Waals surface area contributed by atoms with E-state index in [2.05, 4.69) is 59.0 Å².